The van der Waals surface area contributed by atoms with Crippen molar-refractivity contribution in [3.63, 3.8) is 0 Å². The first-order chi connectivity index (χ1) is 21.8. The van der Waals surface area contributed by atoms with E-state index in [1.807, 2.05) is 24.3 Å². The Hall–Kier alpha value is -3.02. The number of aromatic hydroxyl groups is 2. The van der Waals surface area contributed by atoms with Gasteiger partial charge in [0.25, 0.3) is 0 Å². The topological polar surface area (TPSA) is 115 Å². The Morgan fingerprint density at radius 3 is 0.911 bits per heavy atom. The molecule has 0 amide bonds. The summed E-state index contributed by atoms with van der Waals surface area (Å²) < 4.78 is 0. The average molecular weight is 629 g/mol. The minimum atomic E-state index is -0.658. The van der Waals surface area contributed by atoms with Crippen LogP contribution in [0.2, 0.25) is 0 Å². The summed E-state index contributed by atoms with van der Waals surface area (Å²) in [6.07, 6.45) is 26.6. The largest absolute Gasteiger partial charge is 0.508 e. The van der Waals surface area contributed by atoms with Crippen LogP contribution in [0.25, 0.3) is 0 Å². The number of rotatable bonds is 24. The van der Waals surface area contributed by atoms with Crippen LogP contribution in [-0.4, -0.2) is 32.4 Å². The van der Waals surface area contributed by atoms with Crippen LogP contribution >= 0.6 is 0 Å². The molecule has 6 nitrogen and oxygen atoms in total. The molecule has 0 spiro atoms. The normalized spacial score (nSPS) is 10.4. The number of benzene rings is 2. The first kappa shape index (κ1) is 42.0. The van der Waals surface area contributed by atoms with Crippen molar-refractivity contribution in [1.29, 1.82) is 0 Å². The van der Waals surface area contributed by atoms with Gasteiger partial charge in [-0.3, -0.25) is 9.59 Å². The lowest BCUT2D eigenvalue weighted by Crippen LogP contribution is -1.93. The van der Waals surface area contributed by atoms with Gasteiger partial charge in [0.05, 0.1) is 0 Å². The molecule has 2 aromatic rings. The molecule has 0 radical (unpaired) electrons. The zero-order chi connectivity index (χ0) is 33.4. The quantitative estimate of drug-likeness (QED) is 0.0860. The molecule has 0 aliphatic rings. The van der Waals surface area contributed by atoms with Crippen LogP contribution in [-0.2, 0) is 16.0 Å². The van der Waals surface area contributed by atoms with Gasteiger partial charge < -0.3 is 20.4 Å². The Balaban J connectivity index is 0.000000645. The summed E-state index contributed by atoms with van der Waals surface area (Å²) in [6.45, 7) is 4.48. The number of aliphatic carboxylic acids is 2. The molecule has 0 aliphatic carbocycles. The van der Waals surface area contributed by atoms with Gasteiger partial charge in [-0.25, -0.2) is 0 Å². The third-order valence-corrected chi connectivity index (χ3v) is 7.77. The van der Waals surface area contributed by atoms with E-state index < -0.39 is 11.9 Å². The third kappa shape index (κ3) is 30.8. The van der Waals surface area contributed by atoms with Gasteiger partial charge in [-0.2, -0.15) is 0 Å². The maximum atomic E-state index is 10.2. The molecule has 0 fully saturated rings. The minimum absolute atomic E-state index is 0.282. The minimum Gasteiger partial charge on any atom is -0.508 e. The Morgan fingerprint density at radius 1 is 0.422 bits per heavy atom. The van der Waals surface area contributed by atoms with E-state index in [1.165, 1.54) is 103 Å². The van der Waals surface area contributed by atoms with E-state index >= 15 is 0 Å². The van der Waals surface area contributed by atoms with E-state index in [-0.39, 0.29) is 11.5 Å². The number of hydrogen-bond donors (Lipinski definition) is 4. The van der Waals surface area contributed by atoms with E-state index in [9.17, 15) is 9.59 Å². The molecule has 0 aromatic heterocycles. The van der Waals surface area contributed by atoms with Crippen LogP contribution in [0, 0.1) is 0 Å². The average Bonchev–Trinajstić information content (AvgIpc) is 3.02. The van der Waals surface area contributed by atoms with E-state index in [1.54, 1.807) is 24.3 Å². The highest BCUT2D eigenvalue weighted by molar-refractivity contribution is 5.66. The third-order valence-electron chi connectivity index (χ3n) is 7.77. The lowest BCUT2D eigenvalue weighted by atomic mass is 10.1. The summed E-state index contributed by atoms with van der Waals surface area (Å²) in [6, 6.07) is 14.3. The number of phenolic OH excluding ortho intramolecular Hbond substituents is 2. The highest BCUT2D eigenvalue weighted by Crippen LogP contribution is 2.16. The lowest BCUT2D eigenvalue weighted by Gasteiger charge is -2.02. The van der Waals surface area contributed by atoms with E-state index in [4.69, 9.17) is 20.4 Å². The van der Waals surface area contributed by atoms with Crippen molar-refractivity contribution in [1.82, 2.24) is 0 Å². The van der Waals surface area contributed by atoms with Crippen LogP contribution in [0.5, 0.6) is 11.5 Å². The molecule has 256 valence electrons. The molecule has 0 unspecified atom stereocenters. The molecule has 45 heavy (non-hydrogen) atoms. The number of carboxylic acids is 2. The molecule has 2 rings (SSSR count). The van der Waals surface area contributed by atoms with Crippen molar-refractivity contribution < 1.29 is 30.0 Å². The Bertz CT molecular complexity index is 862. The molecule has 6 heteroatoms. The van der Waals surface area contributed by atoms with Gasteiger partial charge in [0.15, 0.2) is 0 Å². The monoisotopic (exact) mass is 628 g/mol. The predicted octanol–water partition coefficient (Wildman–Crippen LogP) is 11.5. The van der Waals surface area contributed by atoms with Gasteiger partial charge in [0, 0.05) is 12.8 Å². The van der Waals surface area contributed by atoms with Gasteiger partial charge in [0.2, 0.25) is 0 Å². The van der Waals surface area contributed by atoms with Crippen molar-refractivity contribution in [3.05, 3.63) is 59.7 Å². The molecule has 0 atom stereocenters. The van der Waals surface area contributed by atoms with E-state index in [0.717, 1.165) is 43.2 Å². The second kappa shape index (κ2) is 31.0. The smallest absolute Gasteiger partial charge is 0.303 e. The Kier molecular flexibility index (Phi) is 28.9. The zero-order valence-electron chi connectivity index (χ0n) is 28.5. The first-order valence-electron chi connectivity index (χ1n) is 17.8. The highest BCUT2D eigenvalue weighted by atomic mass is 16.4. The number of hydrogen-bond acceptors (Lipinski definition) is 4. The Morgan fingerprint density at radius 2 is 0.667 bits per heavy atom. The fraction of sp³-hybridized carbons (Fsp3) is 0.641. The fourth-order valence-electron chi connectivity index (χ4n) is 4.99. The summed E-state index contributed by atoms with van der Waals surface area (Å²) >= 11 is 0. The fourth-order valence-corrected chi connectivity index (χ4v) is 4.99. The van der Waals surface area contributed by atoms with Crippen LogP contribution in [0.1, 0.15) is 166 Å². The molecule has 0 bridgehead atoms. The second-order valence-electron chi connectivity index (χ2n) is 12.2. The lowest BCUT2D eigenvalue weighted by molar-refractivity contribution is -0.138. The van der Waals surface area contributed by atoms with Crippen molar-refractivity contribution in [2.75, 3.05) is 0 Å². The summed E-state index contributed by atoms with van der Waals surface area (Å²) in [5.74, 6) is -0.752. The van der Waals surface area contributed by atoms with Crippen molar-refractivity contribution >= 4 is 11.9 Å². The van der Waals surface area contributed by atoms with E-state index in [0.29, 0.717) is 12.8 Å². The van der Waals surface area contributed by atoms with Gasteiger partial charge in [-0.15, -0.1) is 0 Å². The second-order valence-corrected chi connectivity index (χ2v) is 12.2. The predicted molar refractivity (Wildman–Crippen MR) is 187 cm³/mol. The van der Waals surface area contributed by atoms with Crippen molar-refractivity contribution in [2.45, 2.75) is 162 Å². The molecule has 0 saturated carbocycles. The van der Waals surface area contributed by atoms with Crippen molar-refractivity contribution in [3.8, 4) is 11.5 Å². The molecule has 2 aromatic carbocycles. The van der Waals surface area contributed by atoms with Gasteiger partial charge in [0.1, 0.15) is 11.5 Å². The van der Waals surface area contributed by atoms with Crippen LogP contribution in [0.15, 0.2) is 48.5 Å². The van der Waals surface area contributed by atoms with Crippen LogP contribution in [0.3, 0.4) is 0 Å². The number of carbonyl (C=O) groups is 2. The number of phenols is 2. The molecule has 0 aliphatic heterocycles. The molecule has 0 saturated heterocycles. The molecular weight excluding hydrogens is 564 g/mol. The SMILES string of the molecule is CCCCCCCCCCCCC(=O)O.CCCCCCCCCCCCC(=O)O.Oc1ccc(Cc2ccc(O)cc2)cc1. The summed E-state index contributed by atoms with van der Waals surface area (Å²) in [5.41, 5.74) is 2.27. The van der Waals surface area contributed by atoms with Gasteiger partial charge in [-0.05, 0) is 54.7 Å². The maximum Gasteiger partial charge on any atom is 0.303 e. The van der Waals surface area contributed by atoms with Gasteiger partial charge in [-0.1, -0.05) is 154 Å². The Labute approximate surface area is 274 Å². The number of unbranched alkanes of at least 4 members (excludes halogenated alkanes) is 18. The van der Waals surface area contributed by atoms with E-state index in [2.05, 4.69) is 13.8 Å². The molecular formula is C39H64O6. The summed E-state index contributed by atoms with van der Waals surface area (Å²) in [4.78, 5) is 20.5. The summed E-state index contributed by atoms with van der Waals surface area (Å²) in [5, 5.41) is 35.1. The highest BCUT2D eigenvalue weighted by Gasteiger charge is 1.99. The van der Waals surface area contributed by atoms with Crippen LogP contribution in [0.4, 0.5) is 0 Å². The molecule has 0 heterocycles. The van der Waals surface area contributed by atoms with Crippen LogP contribution < -0.4 is 0 Å². The number of carboxylic acid groups (broad SMARTS) is 2. The first-order valence-corrected chi connectivity index (χ1v) is 17.8. The van der Waals surface area contributed by atoms with Crippen molar-refractivity contribution in [2.24, 2.45) is 0 Å². The standard InChI is InChI=1S/C13H12O2.2C13H26O2/c14-12-5-1-10(2-6-12)9-11-3-7-13(15)8-4-11;2*1-2-3-4-5-6-7-8-9-10-11-12-13(14)15/h1-8,14-15H,9H2;2*2-12H2,1H3,(H,14,15). The molecule has 4 N–H and O–H groups in total. The zero-order valence-corrected chi connectivity index (χ0v) is 28.5. The summed E-state index contributed by atoms with van der Waals surface area (Å²) in [7, 11) is 0. The maximum absolute atomic E-state index is 10.2. The van der Waals surface area contributed by atoms with Gasteiger partial charge >= 0.3 is 11.9 Å².